The molecule has 0 bridgehead atoms. The van der Waals surface area contributed by atoms with Gasteiger partial charge in [0.05, 0.1) is 29.9 Å². The van der Waals surface area contributed by atoms with E-state index in [0.717, 1.165) is 6.07 Å². The van der Waals surface area contributed by atoms with E-state index in [9.17, 15) is 22.0 Å². The first-order valence-corrected chi connectivity index (χ1v) is 17.1. The van der Waals surface area contributed by atoms with Crippen LogP contribution in [0.5, 0.6) is 0 Å². The second-order valence-electron chi connectivity index (χ2n) is 12.0. The van der Waals surface area contributed by atoms with Gasteiger partial charge in [-0.15, -0.1) is 11.3 Å². The van der Waals surface area contributed by atoms with Crippen LogP contribution in [0.2, 0.25) is 5.02 Å². The lowest BCUT2D eigenvalue weighted by atomic mass is 9.86. The van der Waals surface area contributed by atoms with Gasteiger partial charge in [0.1, 0.15) is 11.3 Å². The molecule has 0 spiro atoms. The van der Waals surface area contributed by atoms with Crippen LogP contribution in [0.15, 0.2) is 40.0 Å². The topological polar surface area (TPSA) is 113 Å². The molecule has 1 aromatic carbocycles. The van der Waals surface area contributed by atoms with E-state index in [1.807, 2.05) is 20.8 Å². The van der Waals surface area contributed by atoms with Crippen LogP contribution in [0.1, 0.15) is 50.2 Å². The van der Waals surface area contributed by atoms with E-state index >= 15 is 0 Å². The molecular formula is C29H36ClF2N5O5S2. The summed E-state index contributed by atoms with van der Waals surface area (Å²) >= 11 is 7.56. The van der Waals surface area contributed by atoms with Gasteiger partial charge in [0.15, 0.2) is 22.5 Å². The number of nitrogens with one attached hydrogen (secondary N) is 1. The molecule has 3 aliphatic rings. The average Bonchev–Trinajstić information content (AvgIpc) is 3.51. The van der Waals surface area contributed by atoms with Gasteiger partial charge in [-0.05, 0) is 39.7 Å². The maximum absolute atomic E-state index is 14.6. The van der Waals surface area contributed by atoms with E-state index in [0.29, 0.717) is 55.6 Å². The van der Waals surface area contributed by atoms with Crippen molar-refractivity contribution in [1.29, 1.82) is 0 Å². The zero-order valence-electron chi connectivity index (χ0n) is 25.0. The Labute approximate surface area is 265 Å². The fourth-order valence-corrected chi connectivity index (χ4v) is 8.42. The van der Waals surface area contributed by atoms with E-state index in [-0.39, 0.29) is 35.7 Å². The van der Waals surface area contributed by atoms with Gasteiger partial charge in [-0.3, -0.25) is 9.89 Å². The van der Waals surface area contributed by atoms with Crippen molar-refractivity contribution in [2.45, 2.75) is 50.5 Å². The molecule has 1 unspecified atom stereocenters. The number of rotatable bonds is 9. The first kappa shape index (κ1) is 32.9. The van der Waals surface area contributed by atoms with Crippen molar-refractivity contribution in [2.24, 2.45) is 10.9 Å². The molecule has 2 fully saturated rings. The second kappa shape index (κ2) is 13.1. The third kappa shape index (κ3) is 6.85. The summed E-state index contributed by atoms with van der Waals surface area (Å²) in [5, 5.41) is 4.58. The van der Waals surface area contributed by atoms with Crippen LogP contribution < -0.4 is 5.32 Å². The monoisotopic (exact) mass is 671 g/mol. The van der Waals surface area contributed by atoms with Crippen molar-refractivity contribution in [3.05, 3.63) is 62.2 Å². The number of ether oxygens (including phenoxy) is 2. The Morgan fingerprint density at radius 1 is 1.20 bits per heavy atom. The predicted octanol–water partition coefficient (Wildman–Crippen LogP) is 4.13. The first-order valence-electron chi connectivity index (χ1n) is 14.4. The van der Waals surface area contributed by atoms with Crippen molar-refractivity contribution < 1.29 is 31.5 Å². The summed E-state index contributed by atoms with van der Waals surface area (Å²) in [6.45, 7) is 8.60. The molecule has 0 radical (unpaired) electrons. The average molecular weight is 672 g/mol. The standard InChI is InChI=1S/C29H36ClF2N5O5S2/c1-29(2,3)42-13-12-36-15-18(16-36)44(39,40)37-10-7-17(8-11-37)24-21(28(38)41-4)25(19-5-6-20(31)23(32)22(19)30)35-26(34-24)27-33-9-14-43-27/h5-6,9,14,17-18,25H,7-8,10-13,15-16H2,1-4H3,(H,34,35). The van der Waals surface area contributed by atoms with Crippen molar-refractivity contribution in [2.75, 3.05) is 46.4 Å². The van der Waals surface area contributed by atoms with Crippen LogP contribution >= 0.6 is 22.9 Å². The van der Waals surface area contributed by atoms with Crippen LogP contribution in [0, 0.1) is 17.6 Å². The molecule has 1 N–H and O–H groups in total. The molecule has 0 aliphatic carbocycles. The molecule has 2 saturated heterocycles. The lowest BCUT2D eigenvalue weighted by Gasteiger charge is -2.43. The van der Waals surface area contributed by atoms with E-state index < -0.39 is 43.9 Å². The SMILES string of the molecule is COC(=O)C1=C(C2CCN(S(=O)(=O)C3CN(CCOC(C)(C)C)C3)CC2)NC(c2nccs2)=NC1c1ccc(F)c(F)c1Cl. The zero-order chi connectivity index (χ0) is 31.8. The normalized spacial score (nSPS) is 21.2. The first-order chi connectivity index (χ1) is 20.8. The molecule has 44 heavy (non-hydrogen) atoms. The third-order valence-electron chi connectivity index (χ3n) is 7.98. The number of aromatic nitrogens is 1. The lowest BCUT2D eigenvalue weighted by Crippen LogP contribution is -2.59. The number of likely N-dealkylation sites (tertiary alicyclic amines) is 1. The van der Waals surface area contributed by atoms with Crippen LogP contribution in [0.4, 0.5) is 8.78 Å². The number of hydrogen-bond acceptors (Lipinski definition) is 10. The van der Waals surface area contributed by atoms with E-state index in [2.05, 4.69) is 20.2 Å². The minimum Gasteiger partial charge on any atom is -0.466 e. The Balaban J connectivity index is 1.36. The molecule has 0 saturated carbocycles. The van der Waals surface area contributed by atoms with E-state index in [1.165, 1.54) is 28.8 Å². The zero-order valence-corrected chi connectivity index (χ0v) is 27.4. The highest BCUT2D eigenvalue weighted by Gasteiger charge is 2.43. The molecule has 10 nitrogen and oxygen atoms in total. The number of sulfonamides is 1. The largest absolute Gasteiger partial charge is 0.466 e. The smallest absolute Gasteiger partial charge is 0.338 e. The van der Waals surface area contributed by atoms with Gasteiger partial charge < -0.3 is 14.8 Å². The third-order valence-corrected chi connectivity index (χ3v) is 11.4. The minimum absolute atomic E-state index is 0.0986. The maximum atomic E-state index is 14.6. The fourth-order valence-electron chi connectivity index (χ4n) is 5.63. The van der Waals surface area contributed by atoms with Gasteiger partial charge >= 0.3 is 5.97 Å². The molecule has 0 amide bonds. The summed E-state index contributed by atoms with van der Waals surface area (Å²) in [5.41, 5.74) is 0.440. The minimum atomic E-state index is -3.52. The fraction of sp³-hybridized carbons (Fsp3) is 0.552. The number of piperidine rings is 1. The Bertz CT molecular complexity index is 1550. The molecule has 5 rings (SSSR count). The molecule has 1 atom stereocenters. The van der Waals surface area contributed by atoms with Gasteiger partial charge in [-0.25, -0.2) is 31.3 Å². The number of hydrogen-bond donors (Lipinski definition) is 1. The molecular weight excluding hydrogens is 636 g/mol. The van der Waals surface area contributed by atoms with E-state index in [4.69, 9.17) is 21.1 Å². The number of nitrogens with zero attached hydrogens (tertiary/aromatic N) is 4. The number of thiazole rings is 1. The van der Waals surface area contributed by atoms with Gasteiger partial charge in [-0.2, -0.15) is 0 Å². The molecule has 2 aromatic rings. The van der Waals surface area contributed by atoms with Crippen LogP contribution in [-0.2, 0) is 24.3 Å². The number of carbonyl (C=O) groups excluding carboxylic acids is 1. The summed E-state index contributed by atoms with van der Waals surface area (Å²) in [7, 11) is -2.29. The number of aliphatic imine (C=N–C) groups is 1. The Kier molecular flexibility index (Phi) is 9.78. The predicted molar refractivity (Wildman–Crippen MR) is 164 cm³/mol. The number of esters is 1. The van der Waals surface area contributed by atoms with Gasteiger partial charge in [0, 0.05) is 61.5 Å². The Morgan fingerprint density at radius 2 is 1.91 bits per heavy atom. The molecule has 4 heterocycles. The van der Waals surface area contributed by atoms with Crippen LogP contribution in [-0.4, -0.2) is 91.7 Å². The summed E-state index contributed by atoms with van der Waals surface area (Å²) in [4.78, 5) is 24.3. The number of carbonyl (C=O) groups is 1. The number of amidine groups is 1. The molecule has 3 aliphatic heterocycles. The summed E-state index contributed by atoms with van der Waals surface area (Å²) in [6.07, 6.45) is 2.44. The highest BCUT2D eigenvalue weighted by atomic mass is 35.5. The summed E-state index contributed by atoms with van der Waals surface area (Å²) in [6, 6.07) is 1.13. The van der Waals surface area contributed by atoms with Crippen molar-refractivity contribution in [3.8, 4) is 0 Å². The number of halogens is 3. The van der Waals surface area contributed by atoms with Gasteiger partial charge in [0.25, 0.3) is 0 Å². The van der Waals surface area contributed by atoms with Crippen molar-refractivity contribution >= 4 is 44.8 Å². The molecule has 240 valence electrons. The van der Waals surface area contributed by atoms with Gasteiger partial charge in [-0.1, -0.05) is 17.7 Å². The Hall–Kier alpha value is -2.49. The van der Waals surface area contributed by atoms with E-state index in [1.54, 1.807) is 11.6 Å². The quantitative estimate of drug-likeness (QED) is 0.313. The summed E-state index contributed by atoms with van der Waals surface area (Å²) < 4.78 is 67.9. The van der Waals surface area contributed by atoms with Gasteiger partial charge in [0.2, 0.25) is 10.0 Å². The van der Waals surface area contributed by atoms with Crippen molar-refractivity contribution in [3.63, 3.8) is 0 Å². The highest BCUT2D eigenvalue weighted by molar-refractivity contribution is 7.89. The molecule has 15 heteroatoms. The maximum Gasteiger partial charge on any atom is 0.338 e. The Morgan fingerprint density at radius 3 is 2.52 bits per heavy atom. The molecule has 1 aromatic heterocycles. The second-order valence-corrected chi connectivity index (χ2v) is 15.5. The number of benzene rings is 1. The highest BCUT2D eigenvalue weighted by Crippen LogP contribution is 2.41. The number of allylic oxidation sites excluding steroid dienone is 1. The number of methoxy groups -OCH3 is 1. The summed E-state index contributed by atoms with van der Waals surface area (Å²) in [5.74, 6) is -3.01. The van der Waals surface area contributed by atoms with Crippen LogP contribution in [0.3, 0.4) is 0 Å². The van der Waals surface area contributed by atoms with Crippen molar-refractivity contribution in [1.82, 2.24) is 19.5 Å². The lowest BCUT2D eigenvalue weighted by molar-refractivity contribution is -0.136. The van der Waals surface area contributed by atoms with Crippen LogP contribution in [0.25, 0.3) is 0 Å².